The summed E-state index contributed by atoms with van der Waals surface area (Å²) in [6.45, 7) is 0. The van der Waals surface area contributed by atoms with E-state index in [1.165, 1.54) is 6.07 Å². The second-order valence-electron chi connectivity index (χ2n) is 3.69. The van der Waals surface area contributed by atoms with Gasteiger partial charge in [0.2, 0.25) is 0 Å². The number of halogens is 2. The Hall–Kier alpha value is -1.60. The van der Waals surface area contributed by atoms with Crippen LogP contribution in [0, 0.1) is 0 Å². The van der Waals surface area contributed by atoms with Crippen molar-refractivity contribution in [3.8, 4) is 0 Å². The van der Waals surface area contributed by atoms with Crippen LogP contribution in [0.5, 0.6) is 0 Å². The lowest BCUT2D eigenvalue weighted by molar-refractivity contribution is 0.0695. The zero-order chi connectivity index (χ0) is 14.0. The number of aromatic amines is 1. The van der Waals surface area contributed by atoms with Crippen molar-refractivity contribution in [1.82, 2.24) is 4.98 Å². The minimum atomic E-state index is -1.06. The van der Waals surface area contributed by atoms with Crippen LogP contribution >= 0.6 is 31.9 Å². The molecule has 0 saturated carbocycles. The highest BCUT2D eigenvalue weighted by atomic mass is 79.9. The third-order valence-electron chi connectivity index (χ3n) is 2.35. The Labute approximate surface area is 125 Å². The van der Waals surface area contributed by atoms with E-state index in [9.17, 15) is 9.59 Å². The summed E-state index contributed by atoms with van der Waals surface area (Å²) in [6.07, 6.45) is 1.64. The Kier molecular flexibility index (Phi) is 4.06. The van der Waals surface area contributed by atoms with Gasteiger partial charge in [0, 0.05) is 20.8 Å². The molecule has 2 aromatic rings. The van der Waals surface area contributed by atoms with Crippen molar-refractivity contribution < 1.29 is 14.7 Å². The second-order valence-corrected chi connectivity index (χ2v) is 5.46. The Balaban J connectivity index is 2.22. The predicted octanol–water partition coefficient (Wildman–Crippen LogP) is 3.49. The number of aromatic carboxylic acids is 1. The van der Waals surface area contributed by atoms with Crippen LogP contribution in [-0.2, 0) is 0 Å². The van der Waals surface area contributed by atoms with E-state index < -0.39 is 5.97 Å². The average Bonchev–Trinajstić information content (AvgIpc) is 2.78. The zero-order valence-electron chi connectivity index (χ0n) is 9.41. The number of amides is 1. The number of benzene rings is 1. The third kappa shape index (κ3) is 3.24. The lowest BCUT2D eigenvalue weighted by Gasteiger charge is -2.06. The number of nitrogens with one attached hydrogen (secondary N) is 2. The molecule has 0 aliphatic rings. The number of carboxylic acid groups (broad SMARTS) is 1. The summed E-state index contributed by atoms with van der Waals surface area (Å²) in [6, 6.07) is 6.21. The highest BCUT2D eigenvalue weighted by molar-refractivity contribution is 9.10. The minimum absolute atomic E-state index is 0.0884. The molecule has 7 heteroatoms. The molecule has 0 aliphatic carbocycles. The van der Waals surface area contributed by atoms with Crippen molar-refractivity contribution in [1.29, 1.82) is 0 Å². The molecule has 3 N–H and O–H groups in total. The SMILES string of the molecule is O=C(Nc1ccc(Br)c(C(=O)O)c1)c1cc(Br)c[nH]1. The largest absolute Gasteiger partial charge is 0.478 e. The van der Waals surface area contributed by atoms with Crippen molar-refractivity contribution in [2.45, 2.75) is 0 Å². The first-order valence-corrected chi connectivity index (χ1v) is 6.74. The van der Waals surface area contributed by atoms with Crippen LogP contribution in [0.2, 0.25) is 0 Å². The maximum Gasteiger partial charge on any atom is 0.336 e. The van der Waals surface area contributed by atoms with Crippen molar-refractivity contribution >= 4 is 49.4 Å². The first kappa shape index (κ1) is 13.8. The van der Waals surface area contributed by atoms with Crippen molar-refractivity contribution in [3.63, 3.8) is 0 Å². The third-order valence-corrected chi connectivity index (χ3v) is 3.50. The molecular formula is C12H8Br2N2O3. The number of hydrogen-bond acceptors (Lipinski definition) is 2. The van der Waals surface area contributed by atoms with Gasteiger partial charge in [-0.15, -0.1) is 0 Å². The molecule has 1 heterocycles. The number of carbonyl (C=O) groups is 2. The Bertz CT molecular complexity index is 652. The number of aromatic nitrogens is 1. The minimum Gasteiger partial charge on any atom is -0.478 e. The molecule has 0 aliphatic heterocycles. The van der Waals surface area contributed by atoms with Gasteiger partial charge in [0.05, 0.1) is 5.56 Å². The van der Waals surface area contributed by atoms with E-state index in [1.807, 2.05) is 0 Å². The fourth-order valence-corrected chi connectivity index (χ4v) is 2.22. The van der Waals surface area contributed by atoms with E-state index in [0.717, 1.165) is 4.47 Å². The van der Waals surface area contributed by atoms with E-state index in [-0.39, 0.29) is 11.5 Å². The molecule has 0 unspecified atom stereocenters. The molecule has 0 saturated heterocycles. The molecule has 2 rings (SSSR count). The van der Waals surface area contributed by atoms with E-state index in [2.05, 4.69) is 42.2 Å². The van der Waals surface area contributed by atoms with Gasteiger partial charge in [-0.3, -0.25) is 4.79 Å². The standard InChI is InChI=1S/C12H8Br2N2O3/c13-6-3-10(15-5-6)11(17)16-7-1-2-9(14)8(4-7)12(18)19/h1-5,15H,(H,16,17)(H,18,19). The summed E-state index contributed by atoms with van der Waals surface area (Å²) in [7, 11) is 0. The molecule has 0 atom stereocenters. The molecule has 0 fully saturated rings. The van der Waals surface area contributed by atoms with Crippen LogP contribution in [-0.4, -0.2) is 22.0 Å². The number of carboxylic acids is 1. The van der Waals surface area contributed by atoms with Crippen molar-refractivity contribution in [3.05, 3.63) is 50.7 Å². The molecule has 1 aromatic heterocycles. The molecule has 0 spiro atoms. The molecule has 0 radical (unpaired) electrons. The van der Waals surface area contributed by atoms with Crippen LogP contribution in [0.3, 0.4) is 0 Å². The summed E-state index contributed by atoms with van der Waals surface area (Å²) in [5.41, 5.74) is 0.883. The Morgan fingerprint density at radius 2 is 1.95 bits per heavy atom. The van der Waals surface area contributed by atoms with Crippen molar-refractivity contribution in [2.75, 3.05) is 5.32 Å². The van der Waals surface area contributed by atoms with Gasteiger partial charge >= 0.3 is 5.97 Å². The quantitative estimate of drug-likeness (QED) is 0.753. The van der Waals surface area contributed by atoms with Gasteiger partial charge in [0.25, 0.3) is 5.91 Å². The molecule has 19 heavy (non-hydrogen) atoms. The monoisotopic (exact) mass is 386 g/mol. The highest BCUT2D eigenvalue weighted by Crippen LogP contribution is 2.21. The normalized spacial score (nSPS) is 10.2. The van der Waals surface area contributed by atoms with Gasteiger partial charge in [-0.1, -0.05) is 0 Å². The van der Waals surface area contributed by atoms with Crippen LogP contribution in [0.25, 0.3) is 0 Å². The van der Waals surface area contributed by atoms with Gasteiger partial charge in [-0.2, -0.15) is 0 Å². The van der Waals surface area contributed by atoms with Gasteiger partial charge < -0.3 is 15.4 Å². The number of rotatable bonds is 3. The molecular weight excluding hydrogens is 380 g/mol. The fraction of sp³-hybridized carbons (Fsp3) is 0. The Morgan fingerprint density at radius 3 is 2.53 bits per heavy atom. The first-order chi connectivity index (χ1) is 8.97. The molecule has 1 aromatic carbocycles. The number of anilines is 1. The summed E-state index contributed by atoms with van der Waals surface area (Å²) in [5.74, 6) is -1.41. The number of carbonyl (C=O) groups excluding carboxylic acids is 1. The van der Waals surface area contributed by atoms with Gasteiger partial charge in [0.1, 0.15) is 5.69 Å². The molecule has 5 nitrogen and oxygen atoms in total. The van der Waals surface area contributed by atoms with Crippen LogP contribution < -0.4 is 5.32 Å². The van der Waals surface area contributed by atoms with Crippen molar-refractivity contribution in [2.24, 2.45) is 0 Å². The lowest BCUT2D eigenvalue weighted by Crippen LogP contribution is -2.12. The van der Waals surface area contributed by atoms with Crippen LogP contribution in [0.1, 0.15) is 20.8 Å². The summed E-state index contributed by atoms with van der Waals surface area (Å²) >= 11 is 6.37. The van der Waals surface area contributed by atoms with Crippen LogP contribution in [0.4, 0.5) is 5.69 Å². The van der Waals surface area contributed by atoms with E-state index in [0.29, 0.717) is 15.9 Å². The van der Waals surface area contributed by atoms with Gasteiger partial charge in [0.15, 0.2) is 0 Å². The van der Waals surface area contributed by atoms with Gasteiger partial charge in [-0.05, 0) is 56.1 Å². The van der Waals surface area contributed by atoms with E-state index >= 15 is 0 Å². The highest BCUT2D eigenvalue weighted by Gasteiger charge is 2.12. The smallest absolute Gasteiger partial charge is 0.336 e. The number of hydrogen-bond donors (Lipinski definition) is 3. The number of H-pyrrole nitrogens is 1. The fourth-order valence-electron chi connectivity index (χ4n) is 1.46. The Morgan fingerprint density at radius 1 is 1.21 bits per heavy atom. The summed E-state index contributed by atoms with van der Waals surface area (Å²) in [4.78, 5) is 25.6. The lowest BCUT2D eigenvalue weighted by atomic mass is 10.2. The zero-order valence-corrected chi connectivity index (χ0v) is 12.6. The summed E-state index contributed by atoms with van der Waals surface area (Å²) < 4.78 is 1.22. The molecule has 0 bridgehead atoms. The molecule has 98 valence electrons. The second kappa shape index (κ2) is 5.58. The van der Waals surface area contributed by atoms with E-state index in [1.54, 1.807) is 24.4 Å². The van der Waals surface area contributed by atoms with E-state index in [4.69, 9.17) is 5.11 Å². The van der Waals surface area contributed by atoms with Crippen LogP contribution in [0.15, 0.2) is 39.4 Å². The topological polar surface area (TPSA) is 82.2 Å². The first-order valence-electron chi connectivity index (χ1n) is 5.15. The maximum atomic E-state index is 11.9. The maximum absolute atomic E-state index is 11.9. The van der Waals surface area contributed by atoms with Gasteiger partial charge in [-0.25, -0.2) is 4.79 Å². The summed E-state index contributed by atoms with van der Waals surface area (Å²) in [5, 5.41) is 11.6. The predicted molar refractivity (Wildman–Crippen MR) is 77.5 cm³/mol. The average molecular weight is 388 g/mol. The molecule has 1 amide bonds.